The molecule has 2 atom stereocenters. The smallest absolute Gasteiger partial charge is 0.320 e. The Bertz CT molecular complexity index is 629. The molecule has 1 aromatic carbocycles. The number of anilines is 1. The Kier molecular flexibility index (Phi) is 8.78. The van der Waals surface area contributed by atoms with E-state index in [0.29, 0.717) is 37.2 Å². The van der Waals surface area contributed by atoms with E-state index in [4.69, 9.17) is 0 Å². The van der Waals surface area contributed by atoms with Crippen molar-refractivity contribution in [3.63, 3.8) is 0 Å². The van der Waals surface area contributed by atoms with Gasteiger partial charge in [0, 0.05) is 24.3 Å². The first-order valence-electron chi connectivity index (χ1n) is 9.03. The summed E-state index contributed by atoms with van der Waals surface area (Å²) in [4.78, 5) is 37.7. The van der Waals surface area contributed by atoms with Crippen LogP contribution in [0.2, 0.25) is 0 Å². The van der Waals surface area contributed by atoms with Gasteiger partial charge < -0.3 is 15.3 Å². The van der Waals surface area contributed by atoms with E-state index < -0.39 is 18.1 Å². The summed E-state index contributed by atoms with van der Waals surface area (Å²) in [7, 11) is 0. The summed E-state index contributed by atoms with van der Waals surface area (Å²) < 4.78 is 0. The number of rotatable bonds is 10. The molecule has 2 amide bonds. The van der Waals surface area contributed by atoms with Gasteiger partial charge in [-0.25, -0.2) is 0 Å². The highest BCUT2D eigenvalue weighted by molar-refractivity contribution is 5.98. The highest BCUT2D eigenvalue weighted by atomic mass is 16.4. The van der Waals surface area contributed by atoms with Crippen LogP contribution in [0.15, 0.2) is 24.3 Å². The van der Waals surface area contributed by atoms with Crippen LogP contribution in [0.1, 0.15) is 50.9 Å². The van der Waals surface area contributed by atoms with Gasteiger partial charge in [-0.05, 0) is 45.4 Å². The average molecular weight is 363 g/mol. The lowest BCUT2D eigenvalue weighted by Gasteiger charge is -2.20. The predicted molar refractivity (Wildman–Crippen MR) is 101 cm³/mol. The van der Waals surface area contributed by atoms with E-state index in [0.717, 1.165) is 0 Å². The number of carbonyl (C=O) groups excluding carboxylic acids is 2. The molecule has 144 valence electrons. The van der Waals surface area contributed by atoms with E-state index in [1.807, 2.05) is 20.8 Å². The number of hydrogen-bond acceptors (Lipinski definition) is 4. The van der Waals surface area contributed by atoms with Crippen LogP contribution in [0.4, 0.5) is 5.69 Å². The van der Waals surface area contributed by atoms with Crippen molar-refractivity contribution in [3.05, 3.63) is 29.8 Å². The standard InChI is InChI=1S/C19H29N3O4/c1-5-9-16(19(25)26)20-13(4)17(23)21-15-11-8-10-14(12-15)18(24)22(6-2)7-3/h8,10-13,16,20H,5-7,9H2,1-4H3,(H,21,23)(H,25,26). The average Bonchev–Trinajstić information content (AvgIpc) is 2.62. The van der Waals surface area contributed by atoms with Gasteiger partial charge in [0.15, 0.2) is 0 Å². The van der Waals surface area contributed by atoms with Crippen LogP contribution >= 0.6 is 0 Å². The van der Waals surface area contributed by atoms with Crippen LogP contribution in [0.3, 0.4) is 0 Å². The molecule has 0 saturated heterocycles. The van der Waals surface area contributed by atoms with E-state index in [2.05, 4.69) is 10.6 Å². The molecule has 0 radical (unpaired) electrons. The van der Waals surface area contributed by atoms with Crippen LogP contribution in [-0.4, -0.2) is 53.0 Å². The largest absolute Gasteiger partial charge is 0.480 e. The number of nitrogens with zero attached hydrogens (tertiary/aromatic N) is 1. The Balaban J connectivity index is 2.79. The van der Waals surface area contributed by atoms with E-state index in [9.17, 15) is 19.5 Å². The molecule has 2 unspecified atom stereocenters. The molecule has 0 heterocycles. The fourth-order valence-electron chi connectivity index (χ4n) is 2.62. The molecule has 0 fully saturated rings. The maximum atomic E-state index is 12.4. The molecular weight excluding hydrogens is 334 g/mol. The summed E-state index contributed by atoms with van der Waals surface area (Å²) in [5, 5.41) is 14.7. The third-order valence-corrected chi connectivity index (χ3v) is 4.15. The number of amides is 2. The normalized spacial score (nSPS) is 12.9. The van der Waals surface area contributed by atoms with Crippen LogP contribution in [0, 0.1) is 0 Å². The lowest BCUT2D eigenvalue weighted by Crippen LogP contribution is -2.47. The van der Waals surface area contributed by atoms with Gasteiger partial charge in [-0.15, -0.1) is 0 Å². The quantitative estimate of drug-likeness (QED) is 0.593. The van der Waals surface area contributed by atoms with E-state index in [1.165, 1.54) is 0 Å². The molecule has 0 aliphatic carbocycles. The fourth-order valence-corrected chi connectivity index (χ4v) is 2.62. The minimum atomic E-state index is -0.974. The van der Waals surface area contributed by atoms with Crippen molar-refractivity contribution >= 4 is 23.5 Å². The molecule has 0 spiro atoms. The van der Waals surface area contributed by atoms with Crippen LogP contribution in [0.5, 0.6) is 0 Å². The number of nitrogens with one attached hydrogen (secondary N) is 2. The fraction of sp³-hybridized carbons (Fsp3) is 0.526. The molecule has 0 saturated carbocycles. The number of carboxylic acid groups (broad SMARTS) is 1. The second-order valence-corrected chi connectivity index (χ2v) is 6.12. The molecule has 26 heavy (non-hydrogen) atoms. The van der Waals surface area contributed by atoms with Gasteiger partial charge in [-0.1, -0.05) is 19.4 Å². The van der Waals surface area contributed by atoms with Crippen molar-refractivity contribution in [1.29, 1.82) is 0 Å². The second-order valence-electron chi connectivity index (χ2n) is 6.12. The summed E-state index contributed by atoms with van der Waals surface area (Å²) in [6.07, 6.45) is 1.15. The Hall–Kier alpha value is -2.41. The molecule has 0 bridgehead atoms. The highest BCUT2D eigenvalue weighted by Crippen LogP contribution is 2.13. The topological polar surface area (TPSA) is 98.7 Å². The molecule has 7 heteroatoms. The zero-order valence-corrected chi connectivity index (χ0v) is 15.9. The molecule has 3 N–H and O–H groups in total. The SMILES string of the molecule is CCCC(NC(C)C(=O)Nc1cccc(C(=O)N(CC)CC)c1)C(=O)O. The van der Waals surface area contributed by atoms with Crippen molar-refractivity contribution in [2.75, 3.05) is 18.4 Å². The molecule has 0 aromatic heterocycles. The van der Waals surface area contributed by atoms with Gasteiger partial charge in [0.2, 0.25) is 5.91 Å². The van der Waals surface area contributed by atoms with Crippen molar-refractivity contribution in [2.24, 2.45) is 0 Å². The number of carboxylic acids is 1. The lowest BCUT2D eigenvalue weighted by molar-refractivity contribution is -0.140. The Morgan fingerprint density at radius 1 is 1.15 bits per heavy atom. The van der Waals surface area contributed by atoms with Crippen LogP contribution in [0.25, 0.3) is 0 Å². The minimum absolute atomic E-state index is 0.0915. The molecule has 0 aliphatic heterocycles. The Labute approximate surface area is 154 Å². The third kappa shape index (κ3) is 6.15. The first kappa shape index (κ1) is 21.6. The second kappa shape index (κ2) is 10.6. The summed E-state index contributed by atoms with van der Waals surface area (Å²) in [6, 6.07) is 5.30. The summed E-state index contributed by atoms with van der Waals surface area (Å²) >= 11 is 0. The van der Waals surface area contributed by atoms with E-state index >= 15 is 0 Å². The first-order chi connectivity index (χ1) is 12.3. The number of aliphatic carboxylic acids is 1. The zero-order chi connectivity index (χ0) is 19.7. The molecule has 1 rings (SSSR count). The van der Waals surface area contributed by atoms with Gasteiger partial charge in [-0.3, -0.25) is 19.7 Å². The first-order valence-corrected chi connectivity index (χ1v) is 9.03. The monoisotopic (exact) mass is 363 g/mol. The van der Waals surface area contributed by atoms with Gasteiger partial charge >= 0.3 is 5.97 Å². The number of hydrogen-bond donors (Lipinski definition) is 3. The zero-order valence-electron chi connectivity index (χ0n) is 15.9. The van der Waals surface area contributed by atoms with Crippen molar-refractivity contribution < 1.29 is 19.5 Å². The summed E-state index contributed by atoms with van der Waals surface area (Å²) in [5.41, 5.74) is 1.01. The van der Waals surface area contributed by atoms with Crippen molar-refractivity contribution in [1.82, 2.24) is 10.2 Å². The van der Waals surface area contributed by atoms with Gasteiger partial charge in [-0.2, -0.15) is 0 Å². The van der Waals surface area contributed by atoms with Gasteiger partial charge in [0.05, 0.1) is 6.04 Å². The van der Waals surface area contributed by atoms with Crippen molar-refractivity contribution in [3.8, 4) is 0 Å². The van der Waals surface area contributed by atoms with Gasteiger partial charge in [0.1, 0.15) is 6.04 Å². The lowest BCUT2D eigenvalue weighted by atomic mass is 10.1. The van der Waals surface area contributed by atoms with Crippen LogP contribution < -0.4 is 10.6 Å². The van der Waals surface area contributed by atoms with Crippen LogP contribution in [-0.2, 0) is 9.59 Å². The van der Waals surface area contributed by atoms with Gasteiger partial charge in [0.25, 0.3) is 5.91 Å². The van der Waals surface area contributed by atoms with E-state index in [-0.39, 0.29) is 11.8 Å². The maximum Gasteiger partial charge on any atom is 0.320 e. The summed E-state index contributed by atoms with van der Waals surface area (Å²) in [5.74, 6) is -1.41. The summed E-state index contributed by atoms with van der Waals surface area (Å²) in [6.45, 7) is 8.56. The molecule has 0 aliphatic rings. The highest BCUT2D eigenvalue weighted by Gasteiger charge is 2.22. The number of carbonyl (C=O) groups is 3. The number of benzene rings is 1. The van der Waals surface area contributed by atoms with Crippen molar-refractivity contribution in [2.45, 2.75) is 52.6 Å². The predicted octanol–water partition coefficient (Wildman–Crippen LogP) is 2.34. The third-order valence-electron chi connectivity index (χ3n) is 4.15. The molecular formula is C19H29N3O4. The minimum Gasteiger partial charge on any atom is -0.480 e. The Morgan fingerprint density at radius 2 is 1.81 bits per heavy atom. The molecule has 7 nitrogen and oxygen atoms in total. The van der Waals surface area contributed by atoms with E-state index in [1.54, 1.807) is 36.1 Å². The Morgan fingerprint density at radius 3 is 2.35 bits per heavy atom. The molecule has 1 aromatic rings. The maximum absolute atomic E-state index is 12.4.